The molecule has 1 atom stereocenters. The lowest BCUT2D eigenvalue weighted by Crippen LogP contribution is -2.03. The van der Waals surface area contributed by atoms with Crippen molar-refractivity contribution in [2.24, 2.45) is 0 Å². The molecule has 1 heterocycles. The molecule has 0 bridgehead atoms. The highest BCUT2D eigenvalue weighted by Gasteiger charge is 2.15. The number of fused-ring (bicyclic) bond motifs is 3. The van der Waals surface area contributed by atoms with Crippen LogP contribution >= 0.6 is 0 Å². The van der Waals surface area contributed by atoms with Gasteiger partial charge in [0.2, 0.25) is 0 Å². The van der Waals surface area contributed by atoms with Crippen LogP contribution in [0, 0.1) is 0 Å². The summed E-state index contributed by atoms with van der Waals surface area (Å²) in [5, 5.41) is 2.35. The number of benzene rings is 3. The number of hydrogen-bond acceptors (Lipinski definition) is 1. The quantitative estimate of drug-likeness (QED) is 0.290. The number of carbonyl (C=O) groups excluding carboxylic acids is 1. The molecule has 134 valence electrons. The Kier molecular flexibility index (Phi) is 4.64. The van der Waals surface area contributed by atoms with Gasteiger partial charge in [-0.25, -0.2) is 0 Å². The number of aromatic nitrogens is 1. The number of rotatable bonds is 5. The van der Waals surface area contributed by atoms with E-state index in [1.807, 2.05) is 48.5 Å². The van der Waals surface area contributed by atoms with Gasteiger partial charge in [0.05, 0.1) is 0 Å². The van der Waals surface area contributed by atoms with E-state index in [2.05, 4.69) is 48.7 Å². The van der Waals surface area contributed by atoms with Crippen molar-refractivity contribution in [3.05, 3.63) is 90.0 Å². The lowest BCUT2D eigenvalue weighted by molar-refractivity contribution is 0.104. The second-order valence-corrected chi connectivity index (χ2v) is 6.98. The zero-order chi connectivity index (χ0) is 18.8. The molecule has 0 aliphatic carbocycles. The molecular formula is C25H23NO. The van der Waals surface area contributed by atoms with Crippen molar-refractivity contribution < 1.29 is 4.79 Å². The van der Waals surface area contributed by atoms with Crippen molar-refractivity contribution >= 4 is 33.7 Å². The van der Waals surface area contributed by atoms with E-state index in [4.69, 9.17) is 0 Å². The Morgan fingerprint density at radius 3 is 2.41 bits per heavy atom. The highest BCUT2D eigenvalue weighted by Crippen LogP contribution is 2.33. The molecule has 2 nitrogen and oxygen atoms in total. The predicted octanol–water partition coefficient (Wildman–Crippen LogP) is 6.66. The molecule has 4 aromatic rings. The second kappa shape index (κ2) is 7.24. The summed E-state index contributed by atoms with van der Waals surface area (Å²) in [6.07, 6.45) is 4.59. The number of para-hydroxylation sites is 1. The first-order valence-electron chi connectivity index (χ1n) is 9.49. The summed E-state index contributed by atoms with van der Waals surface area (Å²) < 4.78 is 2.39. The molecule has 0 aliphatic heterocycles. The van der Waals surface area contributed by atoms with Crippen molar-refractivity contribution in [3.63, 3.8) is 0 Å². The highest BCUT2D eigenvalue weighted by molar-refractivity contribution is 6.13. The van der Waals surface area contributed by atoms with E-state index in [0.717, 1.165) is 22.9 Å². The van der Waals surface area contributed by atoms with E-state index < -0.39 is 0 Å². The lowest BCUT2D eigenvalue weighted by atomic mass is 10.1. The van der Waals surface area contributed by atoms with Gasteiger partial charge in [0.1, 0.15) is 0 Å². The molecule has 27 heavy (non-hydrogen) atoms. The summed E-state index contributed by atoms with van der Waals surface area (Å²) >= 11 is 0. The summed E-state index contributed by atoms with van der Waals surface area (Å²) in [5.74, 6) is 0.0288. The standard InChI is InChI=1S/C25H23NO/c1-3-18(2)26-23-12-8-7-11-21(23)22-17-20(14-15-24(22)26)25(27)16-13-19-9-5-4-6-10-19/h4-18H,3H2,1-2H3. The number of allylic oxidation sites excluding steroid dienone is 1. The summed E-state index contributed by atoms with van der Waals surface area (Å²) in [5.41, 5.74) is 4.17. The minimum absolute atomic E-state index is 0.0288. The topological polar surface area (TPSA) is 22.0 Å². The van der Waals surface area contributed by atoms with Gasteiger partial charge in [0.25, 0.3) is 0 Å². The third-order valence-electron chi connectivity index (χ3n) is 5.25. The third kappa shape index (κ3) is 3.19. The smallest absolute Gasteiger partial charge is 0.185 e. The molecule has 0 amide bonds. The van der Waals surface area contributed by atoms with Crippen LogP contribution in [0.1, 0.15) is 42.2 Å². The maximum atomic E-state index is 12.7. The van der Waals surface area contributed by atoms with Crippen molar-refractivity contribution in [2.45, 2.75) is 26.3 Å². The van der Waals surface area contributed by atoms with Gasteiger partial charge in [-0.3, -0.25) is 4.79 Å². The Balaban J connectivity index is 1.79. The molecule has 0 saturated heterocycles. The van der Waals surface area contributed by atoms with Crippen LogP contribution in [0.4, 0.5) is 0 Å². The summed E-state index contributed by atoms with van der Waals surface area (Å²) in [6, 6.07) is 24.8. The first-order chi connectivity index (χ1) is 13.2. The van der Waals surface area contributed by atoms with E-state index in [0.29, 0.717) is 6.04 Å². The van der Waals surface area contributed by atoms with Crippen LogP contribution in [-0.2, 0) is 0 Å². The van der Waals surface area contributed by atoms with Gasteiger partial charge in [0, 0.05) is 33.4 Å². The number of nitrogens with zero attached hydrogens (tertiary/aromatic N) is 1. The zero-order valence-corrected chi connectivity index (χ0v) is 15.7. The Bertz CT molecular complexity index is 1140. The second-order valence-electron chi connectivity index (χ2n) is 6.98. The van der Waals surface area contributed by atoms with Crippen molar-refractivity contribution in [3.8, 4) is 0 Å². The Hall–Kier alpha value is -3.13. The third-order valence-corrected chi connectivity index (χ3v) is 5.25. The van der Waals surface area contributed by atoms with Crippen LogP contribution in [0.25, 0.3) is 27.9 Å². The zero-order valence-electron chi connectivity index (χ0n) is 15.7. The van der Waals surface area contributed by atoms with Gasteiger partial charge in [0.15, 0.2) is 5.78 Å². The molecule has 0 spiro atoms. The fourth-order valence-electron chi connectivity index (χ4n) is 3.65. The van der Waals surface area contributed by atoms with Gasteiger partial charge in [-0.15, -0.1) is 0 Å². The molecule has 4 rings (SSSR count). The van der Waals surface area contributed by atoms with Crippen LogP contribution in [0.3, 0.4) is 0 Å². The first kappa shape index (κ1) is 17.3. The van der Waals surface area contributed by atoms with E-state index >= 15 is 0 Å². The molecular weight excluding hydrogens is 330 g/mol. The van der Waals surface area contributed by atoms with E-state index in [1.165, 1.54) is 16.4 Å². The van der Waals surface area contributed by atoms with Crippen LogP contribution in [0.15, 0.2) is 78.9 Å². The number of carbonyl (C=O) groups is 1. The predicted molar refractivity (Wildman–Crippen MR) is 114 cm³/mol. The maximum absolute atomic E-state index is 12.7. The minimum atomic E-state index is 0.0288. The van der Waals surface area contributed by atoms with Gasteiger partial charge in [-0.1, -0.05) is 61.5 Å². The lowest BCUT2D eigenvalue weighted by Gasteiger charge is -2.14. The molecule has 2 heteroatoms. The average molecular weight is 353 g/mol. The van der Waals surface area contributed by atoms with E-state index in [-0.39, 0.29) is 5.78 Å². The Labute approximate surface area is 159 Å². The number of hydrogen-bond donors (Lipinski definition) is 0. The fraction of sp³-hybridized carbons (Fsp3) is 0.160. The molecule has 0 radical (unpaired) electrons. The van der Waals surface area contributed by atoms with Gasteiger partial charge in [-0.05, 0) is 49.2 Å². The average Bonchev–Trinajstić information content (AvgIpc) is 3.06. The molecule has 0 saturated carbocycles. The van der Waals surface area contributed by atoms with Gasteiger partial charge >= 0.3 is 0 Å². The van der Waals surface area contributed by atoms with Gasteiger partial charge < -0.3 is 4.57 Å². The molecule has 0 N–H and O–H groups in total. The van der Waals surface area contributed by atoms with E-state index in [9.17, 15) is 4.79 Å². The molecule has 1 aromatic heterocycles. The van der Waals surface area contributed by atoms with Crippen LogP contribution in [0.5, 0.6) is 0 Å². The van der Waals surface area contributed by atoms with Crippen molar-refractivity contribution in [2.75, 3.05) is 0 Å². The van der Waals surface area contributed by atoms with Crippen LogP contribution < -0.4 is 0 Å². The largest absolute Gasteiger partial charge is 0.338 e. The highest BCUT2D eigenvalue weighted by atomic mass is 16.1. The molecule has 0 aliphatic rings. The Morgan fingerprint density at radius 1 is 0.926 bits per heavy atom. The fourth-order valence-corrected chi connectivity index (χ4v) is 3.65. The minimum Gasteiger partial charge on any atom is -0.338 e. The van der Waals surface area contributed by atoms with Crippen LogP contribution in [0.2, 0.25) is 0 Å². The van der Waals surface area contributed by atoms with Crippen LogP contribution in [-0.4, -0.2) is 10.4 Å². The molecule has 0 fully saturated rings. The van der Waals surface area contributed by atoms with E-state index in [1.54, 1.807) is 6.08 Å². The summed E-state index contributed by atoms with van der Waals surface area (Å²) in [4.78, 5) is 12.7. The molecule has 1 unspecified atom stereocenters. The van der Waals surface area contributed by atoms with Gasteiger partial charge in [-0.2, -0.15) is 0 Å². The first-order valence-corrected chi connectivity index (χ1v) is 9.49. The van der Waals surface area contributed by atoms with Crippen molar-refractivity contribution in [1.29, 1.82) is 0 Å². The SMILES string of the molecule is CCC(C)n1c2ccccc2c2cc(C(=O)C=Cc3ccccc3)ccc21. The summed E-state index contributed by atoms with van der Waals surface area (Å²) in [6.45, 7) is 4.45. The molecule has 3 aromatic carbocycles. The summed E-state index contributed by atoms with van der Waals surface area (Å²) in [7, 11) is 0. The monoisotopic (exact) mass is 353 g/mol. The maximum Gasteiger partial charge on any atom is 0.185 e. The normalized spacial score (nSPS) is 12.8. The number of ketones is 1. The van der Waals surface area contributed by atoms with Crippen molar-refractivity contribution in [1.82, 2.24) is 4.57 Å². The Morgan fingerprint density at radius 2 is 1.63 bits per heavy atom.